The number of unbranched alkanes of at least 4 members (excludes halogenated alkanes) is 4. The molecule has 0 heterocycles. The van der Waals surface area contributed by atoms with Gasteiger partial charge in [-0.1, -0.05) is 44.2 Å². The molecule has 1 saturated carbocycles. The molecule has 1 aliphatic carbocycles. The molecule has 0 aromatic carbocycles. The SMILES string of the molecule is CCCCCCCC1CCC/C1=N\O. The Labute approximate surface area is 87.4 Å². The monoisotopic (exact) mass is 197 g/mol. The highest BCUT2D eigenvalue weighted by Gasteiger charge is 2.22. The first kappa shape index (κ1) is 11.5. The summed E-state index contributed by atoms with van der Waals surface area (Å²) in [7, 11) is 0. The maximum atomic E-state index is 8.77. The second kappa shape index (κ2) is 6.86. The Bertz CT molecular complexity index is 177. The molecule has 2 heteroatoms. The normalized spacial score (nSPS) is 24.6. The van der Waals surface area contributed by atoms with Gasteiger partial charge in [-0.25, -0.2) is 0 Å². The number of rotatable bonds is 6. The average molecular weight is 197 g/mol. The summed E-state index contributed by atoms with van der Waals surface area (Å²) >= 11 is 0. The molecule has 0 aromatic heterocycles. The lowest BCUT2D eigenvalue weighted by Gasteiger charge is -2.08. The molecule has 1 fully saturated rings. The lowest BCUT2D eigenvalue weighted by molar-refractivity contribution is 0.314. The van der Waals surface area contributed by atoms with Gasteiger partial charge in [-0.2, -0.15) is 0 Å². The molecule has 1 atom stereocenters. The minimum Gasteiger partial charge on any atom is -0.411 e. The van der Waals surface area contributed by atoms with E-state index in [0.717, 1.165) is 12.1 Å². The van der Waals surface area contributed by atoms with Crippen LogP contribution >= 0.6 is 0 Å². The van der Waals surface area contributed by atoms with Crippen LogP contribution < -0.4 is 0 Å². The fourth-order valence-electron chi connectivity index (χ4n) is 2.34. The van der Waals surface area contributed by atoms with E-state index in [1.807, 2.05) is 0 Å². The molecule has 0 bridgehead atoms. The van der Waals surface area contributed by atoms with E-state index < -0.39 is 0 Å². The summed E-state index contributed by atoms with van der Waals surface area (Å²) in [6, 6.07) is 0. The molecule has 0 spiro atoms. The Balaban J connectivity index is 2.06. The third-order valence-electron chi connectivity index (χ3n) is 3.24. The molecule has 82 valence electrons. The van der Waals surface area contributed by atoms with Crippen molar-refractivity contribution < 1.29 is 5.21 Å². The first-order valence-corrected chi connectivity index (χ1v) is 6.09. The summed E-state index contributed by atoms with van der Waals surface area (Å²) in [4.78, 5) is 0. The molecule has 14 heavy (non-hydrogen) atoms. The Morgan fingerprint density at radius 1 is 1.29 bits per heavy atom. The van der Waals surface area contributed by atoms with Gasteiger partial charge in [-0.15, -0.1) is 0 Å². The van der Waals surface area contributed by atoms with E-state index in [-0.39, 0.29) is 0 Å². The Kier molecular flexibility index (Phi) is 5.65. The van der Waals surface area contributed by atoms with Crippen molar-refractivity contribution >= 4 is 5.71 Å². The number of hydrogen-bond donors (Lipinski definition) is 1. The van der Waals surface area contributed by atoms with Gasteiger partial charge in [0.2, 0.25) is 0 Å². The van der Waals surface area contributed by atoms with Crippen molar-refractivity contribution in [3.05, 3.63) is 0 Å². The van der Waals surface area contributed by atoms with Crippen molar-refractivity contribution in [2.24, 2.45) is 11.1 Å². The zero-order valence-electron chi connectivity index (χ0n) is 9.34. The molecule has 1 rings (SSSR count). The minimum absolute atomic E-state index is 0.599. The van der Waals surface area contributed by atoms with E-state index in [1.165, 1.54) is 51.4 Å². The molecule has 0 saturated heterocycles. The maximum absolute atomic E-state index is 8.77. The fraction of sp³-hybridized carbons (Fsp3) is 0.917. The topological polar surface area (TPSA) is 32.6 Å². The smallest absolute Gasteiger partial charge is 0.0601 e. The molecule has 1 N–H and O–H groups in total. The van der Waals surface area contributed by atoms with Gasteiger partial charge in [0.15, 0.2) is 0 Å². The van der Waals surface area contributed by atoms with Crippen molar-refractivity contribution in [3.63, 3.8) is 0 Å². The van der Waals surface area contributed by atoms with Crippen LogP contribution in [-0.4, -0.2) is 10.9 Å². The second-order valence-electron chi connectivity index (χ2n) is 4.38. The van der Waals surface area contributed by atoms with Crippen LogP contribution in [0.1, 0.15) is 64.7 Å². The van der Waals surface area contributed by atoms with E-state index in [2.05, 4.69) is 12.1 Å². The molecule has 0 aliphatic heterocycles. The van der Waals surface area contributed by atoms with Crippen LogP contribution in [0.25, 0.3) is 0 Å². The first-order valence-electron chi connectivity index (χ1n) is 6.09. The molecular formula is C12H23NO. The lowest BCUT2D eigenvalue weighted by atomic mass is 9.98. The molecule has 0 radical (unpaired) electrons. The van der Waals surface area contributed by atoms with Crippen LogP contribution in [0.5, 0.6) is 0 Å². The summed E-state index contributed by atoms with van der Waals surface area (Å²) < 4.78 is 0. The highest BCUT2D eigenvalue weighted by Crippen LogP contribution is 2.27. The minimum atomic E-state index is 0.599. The van der Waals surface area contributed by atoms with E-state index in [4.69, 9.17) is 5.21 Å². The quantitative estimate of drug-likeness (QED) is 0.390. The van der Waals surface area contributed by atoms with Crippen LogP contribution in [0.3, 0.4) is 0 Å². The van der Waals surface area contributed by atoms with Gasteiger partial charge in [0.25, 0.3) is 0 Å². The second-order valence-corrected chi connectivity index (χ2v) is 4.38. The van der Waals surface area contributed by atoms with Gasteiger partial charge in [0.1, 0.15) is 0 Å². The third kappa shape index (κ3) is 3.69. The molecule has 2 nitrogen and oxygen atoms in total. The summed E-state index contributed by atoms with van der Waals surface area (Å²) in [5.74, 6) is 0.599. The zero-order chi connectivity index (χ0) is 10.2. The lowest BCUT2D eigenvalue weighted by Crippen LogP contribution is -2.06. The van der Waals surface area contributed by atoms with Gasteiger partial charge in [-0.05, 0) is 25.7 Å². The van der Waals surface area contributed by atoms with Crippen molar-refractivity contribution in [2.45, 2.75) is 64.7 Å². The van der Waals surface area contributed by atoms with Crippen LogP contribution in [0.2, 0.25) is 0 Å². The van der Waals surface area contributed by atoms with Crippen molar-refractivity contribution in [3.8, 4) is 0 Å². The van der Waals surface area contributed by atoms with Gasteiger partial charge >= 0.3 is 0 Å². The van der Waals surface area contributed by atoms with Crippen LogP contribution in [-0.2, 0) is 0 Å². The van der Waals surface area contributed by atoms with Gasteiger partial charge < -0.3 is 5.21 Å². The summed E-state index contributed by atoms with van der Waals surface area (Å²) in [5.41, 5.74) is 1.06. The molecule has 0 amide bonds. The van der Waals surface area contributed by atoms with Gasteiger partial charge in [0.05, 0.1) is 5.71 Å². The molecular weight excluding hydrogens is 174 g/mol. The molecule has 0 aromatic rings. The van der Waals surface area contributed by atoms with Crippen LogP contribution in [0.4, 0.5) is 0 Å². The predicted molar refractivity (Wildman–Crippen MR) is 59.9 cm³/mol. The van der Waals surface area contributed by atoms with E-state index in [9.17, 15) is 0 Å². The largest absolute Gasteiger partial charge is 0.411 e. The molecule has 1 unspecified atom stereocenters. The van der Waals surface area contributed by atoms with Gasteiger partial charge in [0, 0.05) is 5.92 Å². The van der Waals surface area contributed by atoms with Crippen LogP contribution in [0.15, 0.2) is 5.16 Å². The summed E-state index contributed by atoms with van der Waals surface area (Å²) in [6.07, 6.45) is 11.4. The predicted octanol–water partition coefficient (Wildman–Crippen LogP) is 3.98. The van der Waals surface area contributed by atoms with Crippen molar-refractivity contribution in [2.75, 3.05) is 0 Å². The Hall–Kier alpha value is -0.530. The Morgan fingerprint density at radius 2 is 2.07 bits per heavy atom. The molecule has 1 aliphatic rings. The van der Waals surface area contributed by atoms with E-state index in [1.54, 1.807) is 0 Å². The van der Waals surface area contributed by atoms with Crippen molar-refractivity contribution in [1.82, 2.24) is 0 Å². The zero-order valence-corrected chi connectivity index (χ0v) is 9.34. The third-order valence-corrected chi connectivity index (χ3v) is 3.24. The Morgan fingerprint density at radius 3 is 2.79 bits per heavy atom. The van der Waals surface area contributed by atoms with Gasteiger partial charge in [-0.3, -0.25) is 0 Å². The average Bonchev–Trinajstić information content (AvgIpc) is 2.65. The summed E-state index contributed by atoms with van der Waals surface area (Å²) in [5, 5.41) is 12.2. The van der Waals surface area contributed by atoms with Crippen LogP contribution in [0, 0.1) is 5.92 Å². The van der Waals surface area contributed by atoms with E-state index in [0.29, 0.717) is 5.92 Å². The number of hydrogen-bond acceptors (Lipinski definition) is 2. The highest BCUT2D eigenvalue weighted by atomic mass is 16.4. The fourth-order valence-corrected chi connectivity index (χ4v) is 2.34. The maximum Gasteiger partial charge on any atom is 0.0601 e. The van der Waals surface area contributed by atoms with E-state index >= 15 is 0 Å². The standard InChI is InChI=1S/C12H23NO/c1-2-3-4-5-6-8-11-9-7-10-12(11)13-14/h11,14H,2-10H2,1H3/b13-12+. The highest BCUT2D eigenvalue weighted by molar-refractivity contribution is 5.87. The van der Waals surface area contributed by atoms with Crippen molar-refractivity contribution in [1.29, 1.82) is 0 Å². The summed E-state index contributed by atoms with van der Waals surface area (Å²) in [6.45, 7) is 2.24. The number of oxime groups is 1. The number of nitrogens with zero attached hydrogens (tertiary/aromatic N) is 1. The first-order chi connectivity index (χ1) is 6.88.